The second kappa shape index (κ2) is 15.0. The lowest BCUT2D eigenvalue weighted by Gasteiger charge is -2.03. The molecule has 0 aliphatic carbocycles. The van der Waals surface area contributed by atoms with E-state index < -0.39 is 30.1 Å². The van der Waals surface area contributed by atoms with Crippen molar-refractivity contribution in [2.24, 2.45) is 0 Å². The highest BCUT2D eigenvalue weighted by Gasteiger charge is 2.19. The molecule has 16 heteroatoms. The first-order chi connectivity index (χ1) is 23.7. The lowest BCUT2D eigenvalue weighted by molar-refractivity contribution is -0.383. The Kier molecular flexibility index (Phi) is 10.8. The first-order valence-corrected chi connectivity index (χ1v) is 18.6. The van der Waals surface area contributed by atoms with Gasteiger partial charge in [-0.1, -0.05) is 60.7 Å². The molecule has 50 heavy (non-hydrogen) atoms. The smallest absolute Gasteiger partial charge is 0.293 e. The van der Waals surface area contributed by atoms with Gasteiger partial charge in [-0.05, 0) is 65.8 Å². The molecule has 0 fully saturated rings. The Labute approximate surface area is 286 Å². The number of benzene rings is 4. The molecule has 0 unspecified atom stereocenters. The van der Waals surface area contributed by atoms with E-state index in [9.17, 15) is 37.1 Å². The van der Waals surface area contributed by atoms with Crippen LogP contribution >= 0.6 is 0 Å². The first kappa shape index (κ1) is 35.9. The number of hydrogen-bond donors (Lipinski definition) is 3. The van der Waals surface area contributed by atoms with Gasteiger partial charge < -0.3 is 9.97 Å². The van der Waals surface area contributed by atoms with Crippen molar-refractivity contribution in [3.63, 3.8) is 0 Å². The van der Waals surface area contributed by atoms with Gasteiger partial charge >= 0.3 is 0 Å². The van der Waals surface area contributed by atoms with Crippen molar-refractivity contribution in [2.45, 2.75) is 19.3 Å². The summed E-state index contributed by atoms with van der Waals surface area (Å²) >= 11 is 0. The molecule has 4 aromatic carbocycles. The van der Waals surface area contributed by atoms with Crippen molar-refractivity contribution in [2.75, 3.05) is 18.6 Å². The zero-order valence-electron chi connectivity index (χ0n) is 26.6. The number of nitro benzene ring substituents is 2. The van der Waals surface area contributed by atoms with Gasteiger partial charge in [0.2, 0.25) is 0 Å². The number of aromatic amines is 2. The Morgan fingerprint density at radius 2 is 1.12 bits per heavy atom. The van der Waals surface area contributed by atoms with Crippen molar-refractivity contribution in [3.8, 4) is 22.5 Å². The molecule has 6 aromatic rings. The maximum absolute atomic E-state index is 11.4. The van der Waals surface area contributed by atoms with Crippen LogP contribution in [-0.4, -0.2) is 59.8 Å². The average molecular weight is 721 g/mol. The van der Waals surface area contributed by atoms with E-state index in [0.29, 0.717) is 39.4 Å². The van der Waals surface area contributed by atoms with Gasteiger partial charge in [0, 0.05) is 34.3 Å². The number of rotatable bonds is 12. The van der Waals surface area contributed by atoms with Gasteiger partial charge in [-0.25, -0.2) is 0 Å². The molecule has 0 amide bonds. The van der Waals surface area contributed by atoms with Crippen LogP contribution in [-0.2, 0) is 37.3 Å². The Morgan fingerprint density at radius 3 is 1.52 bits per heavy atom. The van der Waals surface area contributed by atoms with Crippen molar-refractivity contribution in [1.82, 2.24) is 9.97 Å². The topological polar surface area (TPSA) is 216 Å². The minimum absolute atomic E-state index is 0.0472. The summed E-state index contributed by atoms with van der Waals surface area (Å²) in [7, 11) is -7.57. The molecule has 3 N–H and O–H groups in total. The molecule has 14 nitrogen and oxygen atoms in total. The van der Waals surface area contributed by atoms with E-state index in [-0.39, 0.29) is 36.6 Å². The highest BCUT2D eigenvalue weighted by molar-refractivity contribution is 7.86. The van der Waals surface area contributed by atoms with Gasteiger partial charge in [-0.15, -0.1) is 0 Å². The summed E-state index contributed by atoms with van der Waals surface area (Å²) in [5.41, 5.74) is 5.46. The van der Waals surface area contributed by atoms with Crippen LogP contribution in [0.2, 0.25) is 0 Å². The molecule has 0 saturated heterocycles. The number of hydrogen-bond acceptors (Lipinski definition) is 9. The first-order valence-electron chi connectivity index (χ1n) is 15.2. The van der Waals surface area contributed by atoms with Gasteiger partial charge in [-0.2, -0.15) is 16.8 Å². The highest BCUT2D eigenvalue weighted by atomic mass is 32.2. The largest absolute Gasteiger partial charge is 0.349 e. The fraction of sp³-hybridized carbons (Fsp3) is 0.176. The molecule has 0 atom stereocenters. The highest BCUT2D eigenvalue weighted by Crippen LogP contribution is 2.33. The number of non-ortho nitro benzene ring substituents is 2. The summed E-state index contributed by atoms with van der Waals surface area (Å²) in [4.78, 5) is 28.1. The fourth-order valence-corrected chi connectivity index (χ4v) is 6.36. The normalized spacial score (nSPS) is 11.7. The molecular weight excluding hydrogens is 689 g/mol. The van der Waals surface area contributed by atoms with E-state index in [2.05, 4.69) is 9.97 Å². The van der Waals surface area contributed by atoms with Gasteiger partial charge in [0.05, 0.1) is 28.5 Å². The summed E-state index contributed by atoms with van der Waals surface area (Å²) in [5.74, 6) is -0.374. The van der Waals surface area contributed by atoms with Crippen LogP contribution in [0.15, 0.2) is 97.1 Å². The number of aromatic nitrogens is 2. The molecule has 0 aliphatic rings. The minimum Gasteiger partial charge on any atom is -0.349 e. The molecule has 260 valence electrons. The number of nitrogens with zero attached hydrogens (tertiary/aromatic N) is 2. The lowest BCUT2D eigenvalue weighted by atomic mass is 10.1. The zero-order chi connectivity index (χ0) is 36.1. The molecule has 6 rings (SSSR count). The predicted molar refractivity (Wildman–Crippen MR) is 190 cm³/mol. The summed E-state index contributed by atoms with van der Waals surface area (Å²) in [5, 5.41) is 24.2. The number of fused-ring (bicyclic) bond motifs is 2. The van der Waals surface area contributed by atoms with Crippen LogP contribution in [0.5, 0.6) is 0 Å². The van der Waals surface area contributed by atoms with E-state index >= 15 is 0 Å². The number of nitrogens with one attached hydrogen (secondary N) is 2. The molecule has 0 bridgehead atoms. The van der Waals surface area contributed by atoms with Gasteiger partial charge in [0.25, 0.3) is 31.6 Å². The van der Waals surface area contributed by atoms with Gasteiger partial charge in [0.15, 0.2) is 0 Å². The number of nitro groups is 2. The number of H-pyrrole nitrogens is 2. The van der Waals surface area contributed by atoms with Crippen LogP contribution in [0.25, 0.3) is 44.3 Å². The lowest BCUT2D eigenvalue weighted by Crippen LogP contribution is -2.06. The Bertz CT molecular complexity index is 2220. The van der Waals surface area contributed by atoms with Crippen molar-refractivity contribution in [1.29, 1.82) is 0 Å². The minimum atomic E-state index is -4.04. The zero-order valence-corrected chi connectivity index (χ0v) is 28.2. The maximum Gasteiger partial charge on any atom is 0.293 e. The summed E-state index contributed by atoms with van der Waals surface area (Å²) in [6, 6.07) is 29.2. The summed E-state index contributed by atoms with van der Waals surface area (Å²) in [6.07, 6.45) is 1.74. The standard InChI is InChI=1S/2C17H16N2O5S/c1-25(22,23)24-8-7-12-9-14-11-15(13-5-3-2-4-6-13)18-17(14)16(10-12)19(20)21;20-19(21)16-10-12(5-4-8-25(22,23)24)9-14-11-15(18-17(14)16)13-6-2-1-3-7-13/h2-6,9-11,18H,7-8H2,1H3;1-3,6-7,9-11,18H,4-5,8H2,(H,22,23,24). The monoisotopic (exact) mass is 720 g/mol. The van der Waals surface area contributed by atoms with Crippen molar-refractivity contribution >= 4 is 53.4 Å². The molecule has 0 saturated carbocycles. The molecule has 0 spiro atoms. The Morgan fingerprint density at radius 1 is 0.680 bits per heavy atom. The predicted octanol–water partition coefficient (Wildman–Crippen LogP) is 6.83. The van der Waals surface area contributed by atoms with E-state index in [1.54, 1.807) is 12.1 Å². The van der Waals surface area contributed by atoms with E-state index in [0.717, 1.165) is 28.8 Å². The molecule has 2 heterocycles. The van der Waals surface area contributed by atoms with Gasteiger partial charge in [0.1, 0.15) is 11.0 Å². The van der Waals surface area contributed by atoms with Crippen LogP contribution in [0.3, 0.4) is 0 Å². The second-order valence-corrected chi connectivity index (χ2v) is 14.7. The third-order valence-electron chi connectivity index (χ3n) is 7.65. The van der Waals surface area contributed by atoms with Crippen molar-refractivity contribution < 1.29 is 35.4 Å². The third-order valence-corrected chi connectivity index (χ3v) is 9.05. The van der Waals surface area contributed by atoms with Crippen LogP contribution in [0.1, 0.15) is 17.5 Å². The number of aryl methyl sites for hydroxylation is 1. The fourth-order valence-electron chi connectivity index (χ4n) is 5.46. The second-order valence-electron chi connectivity index (χ2n) is 11.4. The molecular formula is C34H32N4O10S2. The molecule has 2 aromatic heterocycles. The maximum atomic E-state index is 11.4. The Balaban J connectivity index is 0.000000194. The third kappa shape index (κ3) is 9.38. The van der Waals surface area contributed by atoms with E-state index in [1.807, 2.05) is 72.8 Å². The quantitative estimate of drug-likeness (QED) is 0.0518. The molecule has 0 aliphatic heterocycles. The van der Waals surface area contributed by atoms with Crippen molar-refractivity contribution in [3.05, 3.63) is 128 Å². The SMILES string of the molecule is CS(=O)(=O)OCCc1cc([N+](=O)[O-])c2[nH]c(-c3ccccc3)cc2c1.O=[N+]([O-])c1cc(CCCS(=O)(=O)O)cc2cc(-c3ccccc3)[nH]c12. The van der Waals surface area contributed by atoms with E-state index in [1.165, 1.54) is 12.1 Å². The van der Waals surface area contributed by atoms with Crippen LogP contribution < -0.4 is 0 Å². The van der Waals surface area contributed by atoms with Crippen LogP contribution in [0.4, 0.5) is 11.4 Å². The average Bonchev–Trinajstić information content (AvgIpc) is 3.69. The Hall–Kier alpha value is -5.42. The van der Waals surface area contributed by atoms with Gasteiger partial charge in [-0.3, -0.25) is 29.0 Å². The molecule has 0 radical (unpaired) electrons. The summed E-state index contributed by atoms with van der Waals surface area (Å²) < 4.78 is 57.2. The van der Waals surface area contributed by atoms with E-state index in [4.69, 9.17) is 8.74 Å². The van der Waals surface area contributed by atoms with Crippen LogP contribution in [0, 0.1) is 20.2 Å². The summed E-state index contributed by atoms with van der Waals surface area (Å²) in [6.45, 7) is -0.0581.